The lowest BCUT2D eigenvalue weighted by Gasteiger charge is -2.18. The summed E-state index contributed by atoms with van der Waals surface area (Å²) >= 11 is 0. The van der Waals surface area contributed by atoms with Crippen LogP contribution in [0.5, 0.6) is 0 Å². The number of aromatic nitrogens is 1. The van der Waals surface area contributed by atoms with Gasteiger partial charge in [0.1, 0.15) is 6.10 Å². The quantitative estimate of drug-likeness (QED) is 0.714. The molecule has 0 saturated carbocycles. The number of methoxy groups -OCH3 is 1. The molecule has 0 bridgehead atoms. The second-order valence-corrected chi connectivity index (χ2v) is 3.57. The van der Waals surface area contributed by atoms with Crippen LogP contribution in [0, 0.1) is 0 Å². The molecule has 2 unspecified atom stereocenters. The van der Waals surface area contributed by atoms with Crippen molar-refractivity contribution in [3.8, 4) is 0 Å². The zero-order valence-electron chi connectivity index (χ0n) is 10.6. The summed E-state index contributed by atoms with van der Waals surface area (Å²) in [5, 5.41) is 19.6. The number of esters is 2. The molecule has 0 radical (unpaired) electrons. The maximum Gasteiger partial charge on any atom is 0.357 e. The van der Waals surface area contributed by atoms with Crippen molar-refractivity contribution in [2.45, 2.75) is 19.1 Å². The number of hydrogen-bond donors (Lipinski definition) is 2. The first-order chi connectivity index (χ1) is 9.02. The van der Waals surface area contributed by atoms with Gasteiger partial charge in [0, 0.05) is 11.8 Å². The minimum absolute atomic E-state index is 0.00472. The van der Waals surface area contributed by atoms with Gasteiger partial charge in [0.15, 0.2) is 11.8 Å². The maximum atomic E-state index is 11.5. The Kier molecular flexibility index (Phi) is 5.40. The first-order valence-electron chi connectivity index (χ1n) is 5.58. The van der Waals surface area contributed by atoms with Gasteiger partial charge >= 0.3 is 11.9 Å². The highest BCUT2D eigenvalue weighted by molar-refractivity contribution is 5.89. The van der Waals surface area contributed by atoms with Crippen LogP contribution in [0.2, 0.25) is 0 Å². The Labute approximate surface area is 109 Å². The molecule has 1 rings (SSSR count). The van der Waals surface area contributed by atoms with Gasteiger partial charge in [0.25, 0.3) is 0 Å². The van der Waals surface area contributed by atoms with Crippen LogP contribution < -0.4 is 0 Å². The number of aliphatic hydroxyl groups excluding tert-OH is 2. The summed E-state index contributed by atoms with van der Waals surface area (Å²) in [7, 11) is 1.16. The summed E-state index contributed by atoms with van der Waals surface area (Å²) in [5.41, 5.74) is -0.171. The van der Waals surface area contributed by atoms with Crippen LogP contribution in [0.15, 0.2) is 18.3 Å². The average molecular weight is 269 g/mol. The number of rotatable bonds is 5. The smallest absolute Gasteiger partial charge is 0.357 e. The standard InChI is InChI=1S/C12H15NO6/c1-3-19-12(17)10(15)9(14)7-5-4-6-13-8(7)11(16)18-2/h4-6,9-10,14-15H,3H2,1-2H3. The number of aliphatic hydroxyl groups is 2. The Morgan fingerprint density at radius 2 is 2.11 bits per heavy atom. The molecule has 1 aromatic rings. The second-order valence-electron chi connectivity index (χ2n) is 3.57. The van der Waals surface area contributed by atoms with Crippen LogP contribution in [0.25, 0.3) is 0 Å². The van der Waals surface area contributed by atoms with Crippen LogP contribution in [-0.2, 0) is 14.3 Å². The lowest BCUT2D eigenvalue weighted by atomic mass is 10.0. The summed E-state index contributed by atoms with van der Waals surface area (Å²) in [6, 6.07) is 2.83. The minimum atomic E-state index is -1.80. The fourth-order valence-corrected chi connectivity index (χ4v) is 1.45. The molecule has 19 heavy (non-hydrogen) atoms. The van der Waals surface area contributed by atoms with Gasteiger partial charge in [0.2, 0.25) is 0 Å². The Morgan fingerprint density at radius 1 is 1.42 bits per heavy atom. The summed E-state index contributed by atoms with van der Waals surface area (Å²) < 4.78 is 9.09. The number of carbonyl (C=O) groups excluding carboxylic acids is 2. The van der Waals surface area contributed by atoms with E-state index in [0.29, 0.717) is 0 Å². The van der Waals surface area contributed by atoms with Gasteiger partial charge in [-0.2, -0.15) is 0 Å². The largest absolute Gasteiger partial charge is 0.464 e. The van der Waals surface area contributed by atoms with Crippen molar-refractivity contribution in [3.05, 3.63) is 29.6 Å². The Hall–Kier alpha value is -1.99. The molecule has 1 heterocycles. The molecular formula is C12H15NO6. The van der Waals surface area contributed by atoms with Crippen LogP contribution in [-0.4, -0.2) is 47.0 Å². The van der Waals surface area contributed by atoms with Crippen LogP contribution in [0.4, 0.5) is 0 Å². The van der Waals surface area contributed by atoms with Gasteiger partial charge in [-0.05, 0) is 13.0 Å². The van der Waals surface area contributed by atoms with Crippen LogP contribution >= 0.6 is 0 Å². The molecule has 104 valence electrons. The number of hydrogen-bond acceptors (Lipinski definition) is 7. The fourth-order valence-electron chi connectivity index (χ4n) is 1.45. The van der Waals surface area contributed by atoms with Crippen molar-refractivity contribution < 1.29 is 29.3 Å². The molecule has 0 fully saturated rings. The molecule has 7 nitrogen and oxygen atoms in total. The molecule has 2 N–H and O–H groups in total. The third-order valence-corrected chi connectivity index (χ3v) is 2.36. The summed E-state index contributed by atoms with van der Waals surface area (Å²) in [6.45, 7) is 1.64. The molecule has 0 aliphatic rings. The third kappa shape index (κ3) is 3.49. The van der Waals surface area contributed by atoms with Crippen molar-refractivity contribution in [2.75, 3.05) is 13.7 Å². The van der Waals surface area contributed by atoms with Crippen LogP contribution in [0.1, 0.15) is 29.1 Å². The van der Waals surface area contributed by atoms with E-state index in [1.807, 2.05) is 0 Å². The molecular weight excluding hydrogens is 254 g/mol. The Morgan fingerprint density at radius 3 is 2.68 bits per heavy atom. The number of pyridine rings is 1. The lowest BCUT2D eigenvalue weighted by Crippen LogP contribution is -2.31. The number of ether oxygens (including phenoxy) is 2. The maximum absolute atomic E-state index is 11.5. The van der Waals surface area contributed by atoms with Crippen molar-refractivity contribution in [2.24, 2.45) is 0 Å². The van der Waals surface area contributed by atoms with E-state index in [1.165, 1.54) is 18.3 Å². The normalized spacial score (nSPS) is 13.5. The SMILES string of the molecule is CCOC(=O)C(O)C(O)c1cccnc1C(=O)OC. The van der Waals surface area contributed by atoms with Gasteiger partial charge < -0.3 is 19.7 Å². The molecule has 0 spiro atoms. The fraction of sp³-hybridized carbons (Fsp3) is 0.417. The molecule has 0 saturated heterocycles. The Balaban J connectivity index is 3.02. The zero-order chi connectivity index (χ0) is 14.4. The van der Waals surface area contributed by atoms with E-state index in [0.717, 1.165) is 7.11 Å². The monoisotopic (exact) mass is 269 g/mol. The zero-order valence-corrected chi connectivity index (χ0v) is 10.6. The molecule has 0 amide bonds. The third-order valence-electron chi connectivity index (χ3n) is 2.36. The molecule has 2 atom stereocenters. The van der Waals surface area contributed by atoms with Gasteiger partial charge in [-0.1, -0.05) is 6.07 Å². The van der Waals surface area contributed by atoms with E-state index in [2.05, 4.69) is 14.5 Å². The van der Waals surface area contributed by atoms with Crippen molar-refractivity contribution >= 4 is 11.9 Å². The summed E-state index contributed by atoms with van der Waals surface area (Å²) in [5.74, 6) is -1.75. The topological polar surface area (TPSA) is 106 Å². The predicted molar refractivity (Wildman–Crippen MR) is 63.2 cm³/mol. The molecule has 0 aromatic carbocycles. The molecule has 1 aromatic heterocycles. The van der Waals surface area contributed by atoms with E-state index in [4.69, 9.17) is 0 Å². The lowest BCUT2D eigenvalue weighted by molar-refractivity contribution is -0.159. The highest BCUT2D eigenvalue weighted by Crippen LogP contribution is 2.21. The van der Waals surface area contributed by atoms with E-state index in [9.17, 15) is 19.8 Å². The molecule has 0 aliphatic carbocycles. The second kappa shape index (κ2) is 6.81. The first-order valence-corrected chi connectivity index (χ1v) is 5.58. The van der Waals surface area contributed by atoms with Crippen LogP contribution in [0.3, 0.4) is 0 Å². The van der Waals surface area contributed by atoms with Gasteiger partial charge in [-0.3, -0.25) is 0 Å². The highest BCUT2D eigenvalue weighted by atomic mass is 16.5. The van der Waals surface area contributed by atoms with Gasteiger partial charge in [0.05, 0.1) is 13.7 Å². The van der Waals surface area contributed by atoms with E-state index in [-0.39, 0.29) is 17.9 Å². The van der Waals surface area contributed by atoms with Gasteiger partial charge in [-0.15, -0.1) is 0 Å². The average Bonchev–Trinajstić information content (AvgIpc) is 2.45. The van der Waals surface area contributed by atoms with E-state index in [1.54, 1.807) is 6.92 Å². The minimum Gasteiger partial charge on any atom is -0.464 e. The highest BCUT2D eigenvalue weighted by Gasteiger charge is 2.30. The number of carbonyl (C=O) groups is 2. The van der Waals surface area contributed by atoms with Crippen molar-refractivity contribution in [1.29, 1.82) is 0 Å². The van der Waals surface area contributed by atoms with Crippen molar-refractivity contribution in [1.82, 2.24) is 4.98 Å². The summed E-state index contributed by atoms with van der Waals surface area (Å²) in [6.07, 6.45) is -2.09. The first kappa shape index (κ1) is 15.1. The molecule has 7 heteroatoms. The molecule has 0 aliphatic heterocycles. The predicted octanol–water partition coefficient (Wildman–Crippen LogP) is -0.174. The van der Waals surface area contributed by atoms with Gasteiger partial charge in [-0.25, -0.2) is 14.6 Å². The Bertz CT molecular complexity index is 461. The number of nitrogens with zero attached hydrogens (tertiary/aromatic N) is 1. The summed E-state index contributed by atoms with van der Waals surface area (Å²) in [4.78, 5) is 26.6. The van der Waals surface area contributed by atoms with E-state index >= 15 is 0 Å². The van der Waals surface area contributed by atoms with E-state index < -0.39 is 24.1 Å². The van der Waals surface area contributed by atoms with Crippen molar-refractivity contribution in [3.63, 3.8) is 0 Å².